The Labute approximate surface area is 133 Å². The van der Waals surface area contributed by atoms with Crippen LogP contribution in [-0.4, -0.2) is 19.2 Å². The second kappa shape index (κ2) is 25.2. The van der Waals surface area contributed by atoms with Gasteiger partial charge in [-0.2, -0.15) is 8.42 Å². The van der Waals surface area contributed by atoms with Gasteiger partial charge in [0, 0.05) is 32.7 Å². The van der Waals surface area contributed by atoms with Gasteiger partial charge in [-0.05, 0) is 0 Å². The first kappa shape index (κ1) is 30.3. The maximum Gasteiger partial charge on any atom is 0.261 e. The van der Waals surface area contributed by atoms with Crippen LogP contribution in [0.25, 0.3) is 0 Å². The van der Waals surface area contributed by atoms with Crippen molar-refractivity contribution in [1.82, 2.24) is 0 Å². The first-order valence-corrected chi connectivity index (χ1v) is 6.77. The zero-order valence-corrected chi connectivity index (χ0v) is 14.4. The monoisotopic (exact) mass is 339 g/mol. The van der Waals surface area contributed by atoms with E-state index >= 15 is 0 Å². The van der Waals surface area contributed by atoms with E-state index < -0.39 is 10.1 Å². The smallest absolute Gasteiger partial charge is 0.261 e. The van der Waals surface area contributed by atoms with Crippen molar-refractivity contribution < 1.29 is 45.7 Å². The third-order valence-electron chi connectivity index (χ3n) is 0.667. The summed E-state index contributed by atoms with van der Waals surface area (Å²) < 4.78 is 25.9. The molecular weight excluding hydrogens is 313 g/mol. The number of benzene rings is 1. The summed E-state index contributed by atoms with van der Waals surface area (Å²) in [5.74, 6) is 0. The summed E-state index contributed by atoms with van der Waals surface area (Å²) in [6, 6.07) is 12.0. The third kappa shape index (κ3) is 84.6. The molecular formula is C12H26O3SY. The molecule has 3 nitrogen and oxygen atoms in total. The van der Waals surface area contributed by atoms with Gasteiger partial charge < -0.3 is 0 Å². The van der Waals surface area contributed by atoms with Crippen molar-refractivity contribution in [2.75, 3.05) is 6.26 Å². The predicted octanol–water partition coefficient (Wildman–Crippen LogP) is 3.88. The van der Waals surface area contributed by atoms with Crippen molar-refractivity contribution in [1.29, 1.82) is 0 Å². The molecule has 17 heavy (non-hydrogen) atoms. The van der Waals surface area contributed by atoms with Gasteiger partial charge in [0.15, 0.2) is 0 Å². The molecule has 101 valence electrons. The second-order valence-corrected chi connectivity index (χ2v) is 3.35. The Hall–Kier alpha value is 0.234. The van der Waals surface area contributed by atoms with E-state index in [1.165, 1.54) is 0 Å². The standard InChI is InChI=1S/C6H6.2C2H6.CH4O3S.CH4.Y/c1-2-4-6-5-3-1;2*1-2;1-5(2,3)4;;/h1-6H;2*1-2H3;1H3,(H,2,3,4);1H4;. The Morgan fingerprint density at radius 2 is 0.824 bits per heavy atom. The van der Waals surface area contributed by atoms with Gasteiger partial charge in [0.1, 0.15) is 0 Å². The largest absolute Gasteiger partial charge is 0.286 e. The quantitative estimate of drug-likeness (QED) is 0.730. The van der Waals surface area contributed by atoms with Crippen molar-refractivity contribution in [3.8, 4) is 0 Å². The van der Waals surface area contributed by atoms with Gasteiger partial charge in [-0.25, -0.2) is 0 Å². The van der Waals surface area contributed by atoms with Gasteiger partial charge in [-0.15, -0.1) is 0 Å². The van der Waals surface area contributed by atoms with Gasteiger partial charge in [0.2, 0.25) is 0 Å². The Morgan fingerprint density at radius 3 is 0.882 bits per heavy atom. The van der Waals surface area contributed by atoms with Crippen LogP contribution in [0.4, 0.5) is 0 Å². The number of rotatable bonds is 0. The molecule has 0 bridgehead atoms. The SMILES string of the molecule is C.CC.CC.CS(=O)(=O)O.[Y].c1ccccc1. The molecule has 1 aromatic carbocycles. The van der Waals surface area contributed by atoms with E-state index in [0.29, 0.717) is 6.26 Å². The van der Waals surface area contributed by atoms with Crippen LogP contribution in [0, 0.1) is 0 Å². The Kier molecular flexibility index (Phi) is 44.9. The molecule has 1 aromatic rings. The minimum atomic E-state index is -3.67. The topological polar surface area (TPSA) is 54.4 Å². The Morgan fingerprint density at radius 1 is 0.765 bits per heavy atom. The molecule has 0 saturated carbocycles. The van der Waals surface area contributed by atoms with Crippen LogP contribution < -0.4 is 0 Å². The number of hydrogen-bond donors (Lipinski definition) is 1. The van der Waals surface area contributed by atoms with Gasteiger partial charge in [0.25, 0.3) is 10.1 Å². The Bertz CT molecular complexity index is 238. The summed E-state index contributed by atoms with van der Waals surface area (Å²) in [6.07, 6.45) is 0.715. The van der Waals surface area contributed by atoms with Gasteiger partial charge in [-0.1, -0.05) is 71.5 Å². The van der Waals surface area contributed by atoms with Crippen LogP contribution in [0.15, 0.2) is 36.4 Å². The first-order valence-electron chi connectivity index (χ1n) is 4.92. The Balaban J connectivity index is -0.0000000405. The number of hydrogen-bond acceptors (Lipinski definition) is 2. The minimum absolute atomic E-state index is 0. The molecule has 0 saturated heterocycles. The molecule has 0 fully saturated rings. The molecule has 5 heteroatoms. The van der Waals surface area contributed by atoms with Crippen LogP contribution in [0.3, 0.4) is 0 Å². The van der Waals surface area contributed by atoms with E-state index in [4.69, 9.17) is 4.55 Å². The van der Waals surface area contributed by atoms with Crippen LogP contribution in [0.5, 0.6) is 0 Å². The molecule has 0 aliphatic heterocycles. The summed E-state index contributed by atoms with van der Waals surface area (Å²) in [5, 5.41) is 0. The molecule has 0 aliphatic carbocycles. The summed E-state index contributed by atoms with van der Waals surface area (Å²) in [7, 11) is -3.67. The molecule has 0 heterocycles. The molecule has 0 aliphatic rings. The van der Waals surface area contributed by atoms with E-state index in [9.17, 15) is 8.42 Å². The summed E-state index contributed by atoms with van der Waals surface area (Å²) in [5.41, 5.74) is 0. The molecule has 0 amide bonds. The summed E-state index contributed by atoms with van der Waals surface area (Å²) >= 11 is 0. The van der Waals surface area contributed by atoms with Gasteiger partial charge in [0.05, 0.1) is 6.26 Å². The van der Waals surface area contributed by atoms with Crippen molar-refractivity contribution >= 4 is 10.1 Å². The predicted molar refractivity (Wildman–Crippen MR) is 73.3 cm³/mol. The molecule has 1 radical (unpaired) electrons. The maximum absolute atomic E-state index is 9.19. The first-order chi connectivity index (χ1) is 7.00. The molecule has 1 N–H and O–H groups in total. The van der Waals surface area contributed by atoms with Crippen LogP contribution >= 0.6 is 0 Å². The average molecular weight is 339 g/mol. The average Bonchev–Trinajstić information content (AvgIpc) is 2.24. The normalized spacial score (nSPS) is 6.94. The van der Waals surface area contributed by atoms with E-state index in [-0.39, 0.29) is 40.1 Å². The van der Waals surface area contributed by atoms with Crippen LogP contribution in [-0.2, 0) is 42.8 Å². The van der Waals surface area contributed by atoms with E-state index in [0.717, 1.165) is 0 Å². The van der Waals surface area contributed by atoms with Gasteiger partial charge in [-0.3, -0.25) is 4.55 Å². The zero-order chi connectivity index (χ0) is 12.7. The van der Waals surface area contributed by atoms with Crippen molar-refractivity contribution in [3.63, 3.8) is 0 Å². The summed E-state index contributed by atoms with van der Waals surface area (Å²) in [6.45, 7) is 8.00. The zero-order valence-electron chi connectivity index (χ0n) is 10.7. The van der Waals surface area contributed by atoms with Crippen LogP contribution in [0.1, 0.15) is 35.1 Å². The van der Waals surface area contributed by atoms with E-state index in [1.54, 1.807) is 0 Å². The van der Waals surface area contributed by atoms with Crippen molar-refractivity contribution in [3.05, 3.63) is 36.4 Å². The minimum Gasteiger partial charge on any atom is -0.286 e. The molecule has 0 unspecified atom stereocenters. The fraction of sp³-hybridized carbons (Fsp3) is 0.500. The molecule has 0 atom stereocenters. The molecule has 0 aromatic heterocycles. The fourth-order valence-corrected chi connectivity index (χ4v) is 0.385. The second-order valence-electron chi connectivity index (χ2n) is 1.89. The summed E-state index contributed by atoms with van der Waals surface area (Å²) in [4.78, 5) is 0. The molecule has 0 spiro atoms. The van der Waals surface area contributed by atoms with Crippen molar-refractivity contribution in [2.24, 2.45) is 0 Å². The van der Waals surface area contributed by atoms with Crippen LogP contribution in [0.2, 0.25) is 0 Å². The van der Waals surface area contributed by atoms with E-state index in [1.807, 2.05) is 64.1 Å². The molecule has 1 rings (SSSR count). The third-order valence-corrected chi connectivity index (χ3v) is 0.667. The maximum atomic E-state index is 9.19. The van der Waals surface area contributed by atoms with Gasteiger partial charge >= 0.3 is 0 Å². The van der Waals surface area contributed by atoms with E-state index in [2.05, 4.69) is 0 Å². The fourth-order valence-electron chi connectivity index (χ4n) is 0.385. The van der Waals surface area contributed by atoms with Crippen molar-refractivity contribution in [2.45, 2.75) is 35.1 Å².